The third kappa shape index (κ3) is 4.38. The Morgan fingerprint density at radius 3 is 2.81 bits per heavy atom. The van der Waals surface area contributed by atoms with Gasteiger partial charge in [0.05, 0.1) is 24.2 Å². The summed E-state index contributed by atoms with van der Waals surface area (Å²) in [5, 5.41) is 20.5. The van der Waals surface area contributed by atoms with Crippen molar-refractivity contribution in [3.63, 3.8) is 0 Å². The summed E-state index contributed by atoms with van der Waals surface area (Å²) in [5.41, 5.74) is 0.387. The number of rotatable bonds is 6. The average Bonchev–Trinajstić information content (AvgIpc) is 2.48. The number of morpholine rings is 1. The number of non-ortho nitro benzene ring substituents is 1. The van der Waals surface area contributed by atoms with Crippen LogP contribution in [0.2, 0.25) is 0 Å². The molecule has 0 spiro atoms. The average molecular weight is 296 g/mol. The highest BCUT2D eigenvalue weighted by Crippen LogP contribution is 2.29. The van der Waals surface area contributed by atoms with Crippen LogP contribution < -0.4 is 4.74 Å². The number of nitro benzene ring substituents is 1. The van der Waals surface area contributed by atoms with E-state index in [4.69, 9.17) is 9.47 Å². The molecule has 1 aliphatic heterocycles. The van der Waals surface area contributed by atoms with Crippen LogP contribution in [0.5, 0.6) is 5.75 Å². The van der Waals surface area contributed by atoms with Gasteiger partial charge in [0.15, 0.2) is 0 Å². The lowest BCUT2D eigenvalue weighted by atomic mass is 10.1. The van der Waals surface area contributed by atoms with Gasteiger partial charge < -0.3 is 14.6 Å². The molecule has 1 aromatic carbocycles. The molecule has 21 heavy (non-hydrogen) atoms. The van der Waals surface area contributed by atoms with E-state index in [0.717, 1.165) is 32.8 Å². The van der Waals surface area contributed by atoms with E-state index in [1.807, 2.05) is 0 Å². The molecule has 0 bridgehead atoms. The first-order valence-corrected chi connectivity index (χ1v) is 6.97. The molecule has 1 atom stereocenters. The van der Waals surface area contributed by atoms with Crippen molar-refractivity contribution in [3.05, 3.63) is 33.9 Å². The number of ether oxygens (including phenoxy) is 2. The molecule has 0 aliphatic carbocycles. The highest BCUT2D eigenvalue weighted by molar-refractivity contribution is 5.44. The summed E-state index contributed by atoms with van der Waals surface area (Å²) in [6, 6.07) is 4.28. The van der Waals surface area contributed by atoms with E-state index in [1.54, 1.807) is 13.0 Å². The summed E-state index contributed by atoms with van der Waals surface area (Å²) in [6.07, 6.45) is -0.816. The van der Waals surface area contributed by atoms with Crippen molar-refractivity contribution < 1.29 is 19.5 Å². The molecule has 0 aromatic heterocycles. The molecular weight excluding hydrogens is 276 g/mol. The zero-order chi connectivity index (χ0) is 15.2. The number of aliphatic hydroxyl groups is 1. The molecule has 1 aliphatic rings. The maximum atomic E-state index is 10.8. The SMILES string of the molecule is C[C@H](O)c1cc([N+](=O)[O-])ccc1OCCN1CCOCC1. The number of hydrogen-bond donors (Lipinski definition) is 1. The second kappa shape index (κ2) is 7.35. The predicted octanol–water partition coefficient (Wildman–Crippen LogP) is 1.36. The second-order valence-electron chi connectivity index (χ2n) is 4.96. The fourth-order valence-corrected chi connectivity index (χ4v) is 2.22. The lowest BCUT2D eigenvalue weighted by molar-refractivity contribution is -0.385. The molecule has 0 amide bonds. The van der Waals surface area contributed by atoms with Crippen LogP contribution >= 0.6 is 0 Å². The minimum Gasteiger partial charge on any atom is -0.492 e. The molecule has 1 fully saturated rings. The number of benzene rings is 1. The third-order valence-corrected chi connectivity index (χ3v) is 3.42. The number of hydrogen-bond acceptors (Lipinski definition) is 6. The topological polar surface area (TPSA) is 85.1 Å². The number of aliphatic hydroxyl groups excluding tert-OH is 1. The Hall–Kier alpha value is -1.70. The van der Waals surface area contributed by atoms with Gasteiger partial charge in [-0.15, -0.1) is 0 Å². The van der Waals surface area contributed by atoms with Crippen molar-refractivity contribution in [3.8, 4) is 5.75 Å². The van der Waals surface area contributed by atoms with Crippen LogP contribution in [0.15, 0.2) is 18.2 Å². The Morgan fingerprint density at radius 1 is 1.48 bits per heavy atom. The molecule has 7 nitrogen and oxygen atoms in total. The minimum absolute atomic E-state index is 0.0496. The van der Waals surface area contributed by atoms with Crippen LogP contribution in [0.1, 0.15) is 18.6 Å². The van der Waals surface area contributed by atoms with Crippen molar-refractivity contribution in [2.75, 3.05) is 39.5 Å². The van der Waals surface area contributed by atoms with Gasteiger partial charge in [-0.1, -0.05) is 0 Å². The van der Waals surface area contributed by atoms with Gasteiger partial charge in [0, 0.05) is 37.3 Å². The van der Waals surface area contributed by atoms with Crippen LogP contribution in [0, 0.1) is 10.1 Å². The molecule has 2 rings (SSSR count). The first kappa shape index (κ1) is 15.7. The standard InChI is InChI=1S/C14H20N2O5/c1-11(17)13-10-12(16(18)19)2-3-14(13)21-9-6-15-4-7-20-8-5-15/h2-3,10-11,17H,4-9H2,1H3/t11-/m0/s1. The Bertz CT molecular complexity index is 486. The second-order valence-corrected chi connectivity index (χ2v) is 4.96. The van der Waals surface area contributed by atoms with Crippen LogP contribution in [0.25, 0.3) is 0 Å². The highest BCUT2D eigenvalue weighted by Gasteiger charge is 2.16. The largest absolute Gasteiger partial charge is 0.492 e. The lowest BCUT2D eigenvalue weighted by Gasteiger charge is -2.26. The molecule has 1 saturated heterocycles. The molecule has 0 unspecified atom stereocenters. The van der Waals surface area contributed by atoms with E-state index in [2.05, 4.69) is 4.90 Å². The van der Waals surface area contributed by atoms with Gasteiger partial charge in [0.1, 0.15) is 12.4 Å². The van der Waals surface area contributed by atoms with E-state index in [1.165, 1.54) is 12.1 Å². The van der Waals surface area contributed by atoms with Crippen molar-refractivity contribution >= 4 is 5.69 Å². The fraction of sp³-hybridized carbons (Fsp3) is 0.571. The van der Waals surface area contributed by atoms with Crippen molar-refractivity contribution in [1.82, 2.24) is 4.90 Å². The molecule has 1 heterocycles. The molecule has 1 N–H and O–H groups in total. The summed E-state index contributed by atoms with van der Waals surface area (Å²) in [6.45, 7) is 6.03. The maximum absolute atomic E-state index is 10.8. The van der Waals surface area contributed by atoms with Gasteiger partial charge in [-0.25, -0.2) is 0 Å². The quantitative estimate of drug-likeness (QED) is 0.630. The lowest BCUT2D eigenvalue weighted by Crippen LogP contribution is -2.38. The maximum Gasteiger partial charge on any atom is 0.270 e. The van der Waals surface area contributed by atoms with E-state index in [-0.39, 0.29) is 5.69 Å². The first-order chi connectivity index (χ1) is 10.1. The van der Waals surface area contributed by atoms with E-state index >= 15 is 0 Å². The van der Waals surface area contributed by atoms with E-state index < -0.39 is 11.0 Å². The molecular formula is C14H20N2O5. The summed E-state index contributed by atoms with van der Waals surface area (Å²) >= 11 is 0. The van der Waals surface area contributed by atoms with Crippen molar-refractivity contribution in [2.24, 2.45) is 0 Å². The van der Waals surface area contributed by atoms with Gasteiger partial charge in [-0.3, -0.25) is 15.0 Å². The molecule has 1 aromatic rings. The van der Waals surface area contributed by atoms with Crippen molar-refractivity contribution in [1.29, 1.82) is 0 Å². The smallest absolute Gasteiger partial charge is 0.270 e. The number of nitrogens with zero attached hydrogens (tertiary/aromatic N) is 2. The molecule has 0 radical (unpaired) electrons. The van der Waals surface area contributed by atoms with Gasteiger partial charge in [-0.2, -0.15) is 0 Å². The zero-order valence-electron chi connectivity index (χ0n) is 12.0. The third-order valence-electron chi connectivity index (χ3n) is 3.42. The molecule has 0 saturated carbocycles. The normalized spacial score (nSPS) is 17.4. The van der Waals surface area contributed by atoms with Crippen LogP contribution in [-0.4, -0.2) is 54.4 Å². The van der Waals surface area contributed by atoms with Crippen LogP contribution in [0.3, 0.4) is 0 Å². The summed E-state index contributed by atoms with van der Waals surface area (Å²) in [7, 11) is 0. The number of nitro groups is 1. The first-order valence-electron chi connectivity index (χ1n) is 6.97. The van der Waals surface area contributed by atoms with Crippen LogP contribution in [-0.2, 0) is 4.74 Å². The van der Waals surface area contributed by atoms with Gasteiger partial charge in [0.25, 0.3) is 5.69 Å². The monoisotopic (exact) mass is 296 g/mol. The predicted molar refractivity (Wildman–Crippen MR) is 76.5 cm³/mol. The fourth-order valence-electron chi connectivity index (χ4n) is 2.22. The van der Waals surface area contributed by atoms with Crippen molar-refractivity contribution in [2.45, 2.75) is 13.0 Å². The summed E-state index contributed by atoms with van der Waals surface area (Å²) in [5.74, 6) is 0.490. The molecule has 7 heteroatoms. The summed E-state index contributed by atoms with van der Waals surface area (Å²) in [4.78, 5) is 12.5. The van der Waals surface area contributed by atoms with Gasteiger partial charge in [0.2, 0.25) is 0 Å². The van der Waals surface area contributed by atoms with E-state index in [9.17, 15) is 15.2 Å². The minimum atomic E-state index is -0.816. The zero-order valence-corrected chi connectivity index (χ0v) is 12.0. The molecule has 116 valence electrons. The Balaban J connectivity index is 1.96. The Kier molecular flexibility index (Phi) is 5.49. The van der Waals surface area contributed by atoms with Gasteiger partial charge >= 0.3 is 0 Å². The van der Waals surface area contributed by atoms with Gasteiger partial charge in [-0.05, 0) is 13.0 Å². The Labute approximate surface area is 123 Å². The van der Waals surface area contributed by atoms with Crippen LogP contribution in [0.4, 0.5) is 5.69 Å². The highest BCUT2D eigenvalue weighted by atomic mass is 16.6. The van der Waals surface area contributed by atoms with E-state index in [0.29, 0.717) is 17.9 Å². The Morgan fingerprint density at radius 2 is 2.19 bits per heavy atom. The summed E-state index contributed by atoms with van der Waals surface area (Å²) < 4.78 is 10.9.